The molecule has 0 atom stereocenters. The van der Waals surface area contributed by atoms with Gasteiger partial charge < -0.3 is 15.5 Å². The number of hydrogen-bond acceptors (Lipinski definition) is 8. The monoisotopic (exact) mass is 442 g/mol. The molecule has 1 fully saturated rings. The molecular formula is C20H23FN8O3. The van der Waals surface area contributed by atoms with Crippen LogP contribution in [0.25, 0.3) is 16.9 Å². The van der Waals surface area contributed by atoms with Crippen molar-refractivity contribution in [3.63, 3.8) is 0 Å². The molecule has 0 bridgehead atoms. The first-order chi connectivity index (χ1) is 15.5. The number of aromatic nitrogens is 5. The Balaban J connectivity index is 1.57. The molecule has 1 aliphatic rings. The third-order valence-corrected chi connectivity index (χ3v) is 5.30. The zero-order valence-electron chi connectivity index (χ0n) is 17.5. The summed E-state index contributed by atoms with van der Waals surface area (Å²) in [6.07, 6.45) is 0.763. The molecule has 2 aromatic heterocycles. The molecule has 2 N–H and O–H groups in total. The van der Waals surface area contributed by atoms with Gasteiger partial charge in [-0.1, -0.05) is 0 Å². The van der Waals surface area contributed by atoms with Gasteiger partial charge in [-0.3, -0.25) is 14.2 Å². The number of carbonyl (C=O) groups excluding carboxylic acids is 1. The average molecular weight is 442 g/mol. The van der Waals surface area contributed by atoms with Crippen molar-refractivity contribution in [1.82, 2.24) is 39.8 Å². The van der Waals surface area contributed by atoms with Gasteiger partial charge in [0.1, 0.15) is 5.82 Å². The Hall–Kier alpha value is -3.51. The first kappa shape index (κ1) is 21.7. The Kier molecular flexibility index (Phi) is 6.32. The Morgan fingerprint density at radius 3 is 2.59 bits per heavy atom. The fourth-order valence-corrected chi connectivity index (χ4v) is 3.54. The summed E-state index contributed by atoms with van der Waals surface area (Å²) >= 11 is 0. The van der Waals surface area contributed by atoms with Crippen LogP contribution in [0.2, 0.25) is 0 Å². The van der Waals surface area contributed by atoms with Crippen molar-refractivity contribution in [2.75, 3.05) is 39.3 Å². The average Bonchev–Trinajstić information content (AvgIpc) is 2.82. The maximum absolute atomic E-state index is 13.3. The highest BCUT2D eigenvalue weighted by Gasteiger charge is 2.19. The minimum Gasteiger partial charge on any atom is -0.349 e. The number of nitrogens with one attached hydrogen (secondary N) is 2. The van der Waals surface area contributed by atoms with Gasteiger partial charge in [0, 0.05) is 39.8 Å². The third-order valence-electron chi connectivity index (χ3n) is 5.30. The van der Waals surface area contributed by atoms with Crippen molar-refractivity contribution in [2.45, 2.75) is 6.42 Å². The number of carbonyl (C=O) groups is 1. The third kappa shape index (κ3) is 4.41. The zero-order valence-corrected chi connectivity index (χ0v) is 17.5. The molecule has 1 saturated heterocycles. The second-order valence-corrected chi connectivity index (χ2v) is 7.47. The van der Waals surface area contributed by atoms with Gasteiger partial charge in [-0.15, -0.1) is 10.2 Å². The number of benzene rings is 1. The van der Waals surface area contributed by atoms with E-state index in [9.17, 15) is 18.8 Å². The molecule has 1 amide bonds. The van der Waals surface area contributed by atoms with E-state index in [1.807, 2.05) is 0 Å². The molecule has 1 aromatic carbocycles. The minimum absolute atomic E-state index is 0.111. The summed E-state index contributed by atoms with van der Waals surface area (Å²) in [4.78, 5) is 44.1. The minimum atomic E-state index is -0.703. The molecule has 1 aliphatic heterocycles. The highest BCUT2D eigenvalue weighted by Crippen LogP contribution is 2.11. The highest BCUT2D eigenvalue weighted by molar-refractivity contribution is 5.91. The van der Waals surface area contributed by atoms with E-state index in [1.165, 1.54) is 31.3 Å². The van der Waals surface area contributed by atoms with Crippen LogP contribution in [-0.4, -0.2) is 74.4 Å². The fourth-order valence-electron chi connectivity index (χ4n) is 3.54. The van der Waals surface area contributed by atoms with Gasteiger partial charge >= 0.3 is 5.69 Å². The molecule has 11 nitrogen and oxygen atoms in total. The second-order valence-electron chi connectivity index (χ2n) is 7.47. The van der Waals surface area contributed by atoms with Crippen molar-refractivity contribution in [1.29, 1.82) is 0 Å². The lowest BCUT2D eigenvalue weighted by atomic mass is 10.3. The number of halogens is 1. The van der Waals surface area contributed by atoms with Crippen LogP contribution < -0.4 is 21.9 Å². The first-order valence-corrected chi connectivity index (χ1v) is 10.3. The lowest BCUT2D eigenvalue weighted by Gasteiger charge is -2.26. The molecule has 3 heterocycles. The summed E-state index contributed by atoms with van der Waals surface area (Å²) in [5.41, 5.74) is -1.39. The number of piperazine rings is 1. The van der Waals surface area contributed by atoms with E-state index in [4.69, 9.17) is 0 Å². The smallest absolute Gasteiger partial charge is 0.337 e. The van der Waals surface area contributed by atoms with E-state index < -0.39 is 23.0 Å². The molecule has 4 rings (SSSR count). The molecule has 12 heteroatoms. The molecule has 0 radical (unpaired) electrons. The largest absolute Gasteiger partial charge is 0.349 e. The van der Waals surface area contributed by atoms with Crippen molar-refractivity contribution in [2.24, 2.45) is 7.05 Å². The zero-order chi connectivity index (χ0) is 22.7. The van der Waals surface area contributed by atoms with Gasteiger partial charge in [-0.05, 0) is 37.2 Å². The van der Waals surface area contributed by atoms with Gasteiger partial charge in [-0.2, -0.15) is 0 Å². The Labute approximate surface area is 181 Å². The van der Waals surface area contributed by atoms with Crippen LogP contribution in [0.5, 0.6) is 0 Å². The number of nitrogens with zero attached hydrogens (tertiary/aromatic N) is 6. The number of fused-ring (bicyclic) bond motifs is 1. The van der Waals surface area contributed by atoms with Crippen LogP contribution in [0.15, 0.2) is 33.9 Å². The number of hydrogen-bond donors (Lipinski definition) is 2. The molecule has 0 unspecified atom stereocenters. The molecule has 0 spiro atoms. The maximum atomic E-state index is 13.3. The normalized spacial score (nSPS) is 14.6. The lowest BCUT2D eigenvalue weighted by Crippen LogP contribution is -2.44. The van der Waals surface area contributed by atoms with E-state index >= 15 is 0 Å². The quantitative estimate of drug-likeness (QED) is 0.468. The first-order valence-electron chi connectivity index (χ1n) is 10.3. The predicted octanol–water partition coefficient (Wildman–Crippen LogP) is -0.961. The second kappa shape index (κ2) is 9.32. The van der Waals surface area contributed by atoms with Crippen LogP contribution in [0, 0.1) is 5.82 Å². The van der Waals surface area contributed by atoms with Crippen LogP contribution in [0.3, 0.4) is 0 Å². The van der Waals surface area contributed by atoms with E-state index in [2.05, 4.69) is 30.7 Å². The van der Waals surface area contributed by atoms with Gasteiger partial charge in [0.25, 0.3) is 11.5 Å². The molecule has 3 aromatic rings. The summed E-state index contributed by atoms with van der Waals surface area (Å²) in [6, 6.07) is 5.12. The van der Waals surface area contributed by atoms with Gasteiger partial charge in [-0.25, -0.2) is 18.7 Å². The van der Waals surface area contributed by atoms with Crippen LogP contribution >= 0.6 is 0 Å². The molecule has 32 heavy (non-hydrogen) atoms. The van der Waals surface area contributed by atoms with Gasteiger partial charge in [0.15, 0.2) is 11.2 Å². The summed E-state index contributed by atoms with van der Waals surface area (Å²) in [6.45, 7) is 5.16. The SMILES string of the molecule is Cn1c(=O)c2nc(C(=O)NCCCN3CCNCC3)nnc2n(-c2ccc(F)cc2)c1=O. The van der Waals surface area contributed by atoms with E-state index in [0.717, 1.165) is 48.3 Å². The number of amides is 1. The van der Waals surface area contributed by atoms with Crippen LogP contribution in [0.1, 0.15) is 17.0 Å². The van der Waals surface area contributed by atoms with Crippen molar-refractivity contribution >= 4 is 17.1 Å². The Morgan fingerprint density at radius 1 is 1.16 bits per heavy atom. The predicted molar refractivity (Wildman–Crippen MR) is 114 cm³/mol. The summed E-state index contributed by atoms with van der Waals surface area (Å²) in [5, 5.41) is 13.8. The lowest BCUT2D eigenvalue weighted by molar-refractivity contribution is 0.0940. The standard InChI is InChI=1S/C20H23FN8O3/c1-27-19(31)15-17(29(20(27)32)14-5-3-13(21)4-6-14)26-25-16(24-15)18(30)23-7-2-10-28-11-8-22-9-12-28/h3-6,22H,2,7-12H2,1H3,(H,23,30). The summed E-state index contributed by atoms with van der Waals surface area (Å²) in [5.74, 6) is -1.29. The maximum Gasteiger partial charge on any atom is 0.337 e. The van der Waals surface area contributed by atoms with E-state index in [0.29, 0.717) is 12.2 Å². The van der Waals surface area contributed by atoms with Gasteiger partial charge in [0.2, 0.25) is 5.82 Å². The summed E-state index contributed by atoms with van der Waals surface area (Å²) in [7, 11) is 1.29. The molecule has 0 aliphatic carbocycles. The summed E-state index contributed by atoms with van der Waals surface area (Å²) < 4.78 is 15.3. The van der Waals surface area contributed by atoms with Crippen molar-refractivity contribution in [3.8, 4) is 5.69 Å². The van der Waals surface area contributed by atoms with Crippen LogP contribution in [0.4, 0.5) is 4.39 Å². The fraction of sp³-hybridized carbons (Fsp3) is 0.400. The van der Waals surface area contributed by atoms with Crippen LogP contribution in [-0.2, 0) is 7.05 Å². The van der Waals surface area contributed by atoms with E-state index in [1.54, 1.807) is 0 Å². The number of rotatable bonds is 6. The Morgan fingerprint density at radius 2 is 1.88 bits per heavy atom. The van der Waals surface area contributed by atoms with Gasteiger partial charge in [0.05, 0.1) is 5.69 Å². The van der Waals surface area contributed by atoms with Crippen molar-refractivity contribution < 1.29 is 9.18 Å². The van der Waals surface area contributed by atoms with E-state index in [-0.39, 0.29) is 17.0 Å². The highest BCUT2D eigenvalue weighted by atomic mass is 19.1. The topological polar surface area (TPSA) is 127 Å². The molecule has 168 valence electrons. The van der Waals surface area contributed by atoms with Crippen molar-refractivity contribution in [3.05, 3.63) is 56.7 Å². The molecular weight excluding hydrogens is 419 g/mol. The molecule has 0 saturated carbocycles. The Bertz CT molecular complexity index is 1250.